The number of aryl methyl sites for hydroxylation is 1. The molecule has 0 radical (unpaired) electrons. The highest BCUT2D eigenvalue weighted by Crippen LogP contribution is 2.38. The molecule has 0 bridgehead atoms. The van der Waals surface area contributed by atoms with E-state index in [1.54, 1.807) is 6.07 Å². The van der Waals surface area contributed by atoms with Gasteiger partial charge in [0.25, 0.3) is 0 Å². The first-order valence-electron chi connectivity index (χ1n) is 9.40. The van der Waals surface area contributed by atoms with Gasteiger partial charge in [-0.25, -0.2) is 4.39 Å². The molecule has 1 heterocycles. The number of pyridine rings is 1. The lowest BCUT2D eigenvalue weighted by Crippen LogP contribution is -2.42. The largest absolute Gasteiger partial charge is 0.415 e. The van der Waals surface area contributed by atoms with E-state index in [9.17, 15) is 9.18 Å². The fourth-order valence-electron chi connectivity index (χ4n) is 2.86. The van der Waals surface area contributed by atoms with E-state index in [-0.39, 0.29) is 28.2 Å². The second kappa shape index (κ2) is 7.80. The molecule has 1 atom stereocenters. The molecule has 2 aromatic rings. The predicted octanol–water partition coefficient (Wildman–Crippen LogP) is 6.43. The normalized spacial score (nSPS) is 14.2. The lowest BCUT2D eigenvalue weighted by Gasteiger charge is -2.38. The summed E-state index contributed by atoms with van der Waals surface area (Å²) in [6, 6.07) is 3.05. The van der Waals surface area contributed by atoms with E-state index >= 15 is 0 Å². The van der Waals surface area contributed by atoms with Gasteiger partial charge < -0.3 is 8.99 Å². The lowest BCUT2D eigenvalue weighted by atomic mass is 10.0. The molecule has 0 aliphatic heterocycles. The van der Waals surface area contributed by atoms with Gasteiger partial charge in [0.15, 0.2) is 13.7 Å². The first-order chi connectivity index (χ1) is 12.3. The average molecular weight is 456 g/mol. The average Bonchev–Trinajstić information content (AvgIpc) is 2.52. The number of halogens is 2. The third-order valence-corrected chi connectivity index (χ3v) is 10.9. The zero-order chi connectivity index (χ0) is 20.7. The van der Waals surface area contributed by atoms with Crippen LogP contribution in [-0.2, 0) is 4.43 Å². The molecule has 0 saturated carbocycles. The molecule has 0 saturated heterocycles. The SMILES string of the molecule is Cc1cn([C@H](CO[Si](C)(C)C(C)(C)C)C(C)C)c2cc(F)c(Br)cc2c1=O. The molecule has 3 nitrogen and oxygen atoms in total. The van der Waals surface area contributed by atoms with Crippen LogP contribution in [0.15, 0.2) is 27.6 Å². The molecular formula is C21H31BrFNO2Si. The van der Waals surface area contributed by atoms with Crippen molar-refractivity contribution in [2.24, 2.45) is 5.92 Å². The van der Waals surface area contributed by atoms with Gasteiger partial charge in [-0.2, -0.15) is 0 Å². The smallest absolute Gasteiger partial charge is 0.192 e. The van der Waals surface area contributed by atoms with Crippen LogP contribution in [0.1, 0.15) is 46.2 Å². The first-order valence-corrected chi connectivity index (χ1v) is 13.1. The summed E-state index contributed by atoms with van der Waals surface area (Å²) in [5.74, 6) is -0.0982. The Labute approximate surface area is 171 Å². The molecule has 0 aliphatic carbocycles. The van der Waals surface area contributed by atoms with Crippen molar-refractivity contribution in [3.8, 4) is 0 Å². The number of hydrogen-bond acceptors (Lipinski definition) is 2. The van der Waals surface area contributed by atoms with E-state index in [0.29, 0.717) is 27.5 Å². The van der Waals surface area contributed by atoms with Crippen molar-refractivity contribution >= 4 is 35.2 Å². The van der Waals surface area contributed by atoms with Crippen molar-refractivity contribution in [3.05, 3.63) is 44.4 Å². The summed E-state index contributed by atoms with van der Waals surface area (Å²) in [4.78, 5) is 12.6. The number of benzene rings is 1. The highest BCUT2D eigenvalue weighted by Gasteiger charge is 2.38. The van der Waals surface area contributed by atoms with E-state index in [1.165, 1.54) is 6.07 Å². The van der Waals surface area contributed by atoms with Gasteiger partial charge >= 0.3 is 0 Å². The highest BCUT2D eigenvalue weighted by atomic mass is 79.9. The molecule has 150 valence electrons. The van der Waals surface area contributed by atoms with E-state index in [2.05, 4.69) is 63.6 Å². The van der Waals surface area contributed by atoms with Crippen molar-refractivity contribution in [1.29, 1.82) is 0 Å². The van der Waals surface area contributed by atoms with Crippen molar-refractivity contribution in [2.45, 2.75) is 65.7 Å². The van der Waals surface area contributed by atoms with Crippen LogP contribution in [-0.4, -0.2) is 19.5 Å². The Bertz CT molecular complexity index is 900. The van der Waals surface area contributed by atoms with Crippen LogP contribution in [0, 0.1) is 18.7 Å². The van der Waals surface area contributed by atoms with Crippen LogP contribution >= 0.6 is 15.9 Å². The molecule has 0 amide bonds. The minimum Gasteiger partial charge on any atom is -0.415 e. The Morgan fingerprint density at radius 3 is 2.37 bits per heavy atom. The maximum atomic E-state index is 14.3. The van der Waals surface area contributed by atoms with E-state index in [0.717, 1.165) is 0 Å². The number of hydrogen-bond donors (Lipinski definition) is 0. The maximum absolute atomic E-state index is 14.3. The monoisotopic (exact) mass is 455 g/mol. The van der Waals surface area contributed by atoms with Crippen molar-refractivity contribution < 1.29 is 8.82 Å². The molecule has 27 heavy (non-hydrogen) atoms. The molecule has 0 unspecified atom stereocenters. The quantitative estimate of drug-likeness (QED) is 0.486. The van der Waals surface area contributed by atoms with Crippen LogP contribution in [0.25, 0.3) is 10.9 Å². The minimum absolute atomic E-state index is 0.0153. The molecular weight excluding hydrogens is 425 g/mol. The van der Waals surface area contributed by atoms with Gasteiger partial charge in [-0.15, -0.1) is 0 Å². The fraction of sp³-hybridized carbons (Fsp3) is 0.571. The summed E-state index contributed by atoms with van der Waals surface area (Å²) in [6.07, 6.45) is 1.84. The van der Waals surface area contributed by atoms with Gasteiger partial charge in [0.05, 0.1) is 22.6 Å². The third-order valence-electron chi connectivity index (χ3n) is 5.80. The van der Waals surface area contributed by atoms with Crippen LogP contribution in [0.5, 0.6) is 0 Å². The third kappa shape index (κ3) is 4.54. The molecule has 0 spiro atoms. The van der Waals surface area contributed by atoms with Gasteiger partial charge in [-0.3, -0.25) is 4.79 Å². The number of nitrogens with zero attached hydrogens (tertiary/aromatic N) is 1. The first kappa shape index (κ1) is 22.3. The summed E-state index contributed by atoms with van der Waals surface area (Å²) in [5.41, 5.74) is 1.21. The fourth-order valence-corrected chi connectivity index (χ4v) is 4.22. The van der Waals surface area contributed by atoms with E-state index in [1.807, 2.05) is 17.7 Å². The summed E-state index contributed by atoms with van der Waals surface area (Å²) in [5, 5.41) is 0.647. The molecule has 1 aromatic carbocycles. The topological polar surface area (TPSA) is 31.2 Å². The predicted molar refractivity (Wildman–Crippen MR) is 118 cm³/mol. The number of fused-ring (bicyclic) bond motifs is 1. The van der Waals surface area contributed by atoms with E-state index < -0.39 is 8.32 Å². The Kier molecular flexibility index (Phi) is 6.44. The van der Waals surface area contributed by atoms with Crippen LogP contribution in [0.3, 0.4) is 0 Å². The van der Waals surface area contributed by atoms with Gasteiger partial charge in [0, 0.05) is 17.1 Å². The molecule has 0 N–H and O–H groups in total. The second-order valence-electron chi connectivity index (χ2n) is 9.21. The minimum atomic E-state index is -1.91. The second-order valence-corrected chi connectivity index (χ2v) is 14.9. The zero-order valence-electron chi connectivity index (χ0n) is 17.6. The summed E-state index contributed by atoms with van der Waals surface area (Å²) < 4.78 is 23.1. The molecule has 2 rings (SSSR count). The van der Waals surface area contributed by atoms with Crippen LogP contribution in [0.2, 0.25) is 18.1 Å². The van der Waals surface area contributed by atoms with Crippen molar-refractivity contribution in [2.75, 3.05) is 6.61 Å². The van der Waals surface area contributed by atoms with Gasteiger partial charge in [-0.1, -0.05) is 34.6 Å². The Morgan fingerprint density at radius 2 is 1.85 bits per heavy atom. The van der Waals surface area contributed by atoms with Gasteiger partial charge in [0.1, 0.15) is 5.82 Å². The summed E-state index contributed by atoms with van der Waals surface area (Å²) in [7, 11) is -1.91. The van der Waals surface area contributed by atoms with E-state index in [4.69, 9.17) is 4.43 Å². The van der Waals surface area contributed by atoms with Gasteiger partial charge in [-0.05, 0) is 59.0 Å². The highest BCUT2D eigenvalue weighted by molar-refractivity contribution is 9.10. The lowest BCUT2D eigenvalue weighted by molar-refractivity contribution is 0.198. The number of aromatic nitrogens is 1. The zero-order valence-corrected chi connectivity index (χ0v) is 20.2. The Hall–Kier alpha value is -0.983. The molecule has 1 aromatic heterocycles. The molecule has 6 heteroatoms. The number of rotatable bonds is 5. The standard InChI is InChI=1S/C21H31BrFNO2Si/c1-13(2)19(12-26-27(7,8)21(4,5)6)24-11-14(3)20(25)15-9-16(22)17(23)10-18(15)24/h9-11,13,19H,12H2,1-8H3/t19-/m1/s1. The Morgan fingerprint density at radius 1 is 1.26 bits per heavy atom. The summed E-state index contributed by atoms with van der Waals surface area (Å²) >= 11 is 3.20. The Balaban J connectivity index is 2.58. The molecule has 0 fully saturated rings. The van der Waals surface area contributed by atoms with Crippen molar-refractivity contribution in [1.82, 2.24) is 4.57 Å². The summed E-state index contributed by atoms with van der Waals surface area (Å²) in [6.45, 7) is 17.7. The van der Waals surface area contributed by atoms with Gasteiger partial charge in [0.2, 0.25) is 0 Å². The van der Waals surface area contributed by atoms with Crippen LogP contribution < -0.4 is 5.43 Å². The maximum Gasteiger partial charge on any atom is 0.192 e. The molecule has 0 aliphatic rings. The van der Waals surface area contributed by atoms with Crippen molar-refractivity contribution in [3.63, 3.8) is 0 Å². The van der Waals surface area contributed by atoms with Crippen LogP contribution in [0.4, 0.5) is 4.39 Å².